The van der Waals surface area contributed by atoms with Gasteiger partial charge in [0.2, 0.25) is 5.78 Å². The van der Waals surface area contributed by atoms with E-state index in [9.17, 15) is 14.0 Å². The number of rotatable bonds is 8. The third-order valence-electron chi connectivity index (χ3n) is 5.15. The first-order valence-corrected chi connectivity index (χ1v) is 11.0. The highest BCUT2D eigenvalue weighted by atomic mass is 19.1. The second-order valence-corrected chi connectivity index (χ2v) is 7.53. The number of hydrogen-bond donors (Lipinski definition) is 0. The predicted octanol–water partition coefficient (Wildman–Crippen LogP) is 5.76. The number of benzene rings is 4. The van der Waals surface area contributed by atoms with E-state index >= 15 is 0 Å². The molecule has 7 heteroatoms. The van der Waals surface area contributed by atoms with Gasteiger partial charge in [-0.1, -0.05) is 72.8 Å². The summed E-state index contributed by atoms with van der Waals surface area (Å²) in [6, 6.07) is 28.2. The molecule has 0 spiro atoms. The molecule has 6 nitrogen and oxygen atoms in total. The van der Waals surface area contributed by atoms with Gasteiger partial charge in [0, 0.05) is 11.1 Å². The topological polar surface area (TPSA) is 77.3 Å². The fourth-order valence-corrected chi connectivity index (χ4v) is 3.34. The van der Waals surface area contributed by atoms with Crippen molar-refractivity contribution in [3.63, 3.8) is 0 Å². The minimum absolute atomic E-state index is 0.121. The van der Waals surface area contributed by atoms with E-state index in [1.807, 2.05) is 24.3 Å². The van der Waals surface area contributed by atoms with Crippen molar-refractivity contribution in [2.75, 3.05) is 7.11 Å². The van der Waals surface area contributed by atoms with E-state index < -0.39 is 11.8 Å². The van der Waals surface area contributed by atoms with Crippen molar-refractivity contribution < 1.29 is 23.5 Å². The quantitative estimate of drug-likeness (QED) is 0.106. The Bertz CT molecular complexity index is 1430. The Morgan fingerprint density at radius 3 is 2.08 bits per heavy atom. The summed E-state index contributed by atoms with van der Waals surface area (Å²) < 4.78 is 24.5. The number of esters is 1. The normalized spacial score (nSPS) is 11.3. The highest BCUT2D eigenvalue weighted by molar-refractivity contribution is 6.51. The van der Waals surface area contributed by atoms with Crippen molar-refractivity contribution in [3.05, 3.63) is 131 Å². The summed E-state index contributed by atoms with van der Waals surface area (Å²) in [4.78, 5) is 25.4. The van der Waals surface area contributed by atoms with Crippen molar-refractivity contribution >= 4 is 23.7 Å². The lowest BCUT2D eigenvalue weighted by Gasteiger charge is -2.10. The molecule has 0 N–H and O–H groups in total. The standard InChI is InChI=1S/C29H21FN2O4/c1-35-26-18-20(16-17-25(26)36-29(34)23-14-8-9-15-24(23)30)19-31-32-27(21-10-4-2-5-11-21)28(33)22-12-6-3-7-13-22/h2-19H,1H3. The Kier molecular flexibility index (Phi) is 7.73. The highest BCUT2D eigenvalue weighted by Gasteiger charge is 2.17. The van der Waals surface area contributed by atoms with Crippen molar-refractivity contribution in [3.8, 4) is 11.5 Å². The van der Waals surface area contributed by atoms with Crippen LogP contribution in [0.25, 0.3) is 0 Å². The van der Waals surface area contributed by atoms with E-state index in [0.717, 1.165) is 0 Å². The van der Waals surface area contributed by atoms with Crippen molar-refractivity contribution in [2.45, 2.75) is 0 Å². The molecule has 0 unspecified atom stereocenters. The van der Waals surface area contributed by atoms with Gasteiger partial charge in [0.05, 0.1) is 18.9 Å². The van der Waals surface area contributed by atoms with Gasteiger partial charge in [-0.25, -0.2) is 9.18 Å². The Hall–Kier alpha value is -4.91. The summed E-state index contributed by atoms with van der Waals surface area (Å²) in [5.74, 6) is -1.41. The summed E-state index contributed by atoms with van der Waals surface area (Å²) >= 11 is 0. The first-order chi connectivity index (χ1) is 17.6. The first kappa shape index (κ1) is 24.2. The van der Waals surface area contributed by atoms with Crippen molar-refractivity contribution in [1.82, 2.24) is 0 Å². The van der Waals surface area contributed by atoms with Gasteiger partial charge in [-0.05, 0) is 35.9 Å². The molecule has 0 heterocycles. The van der Waals surface area contributed by atoms with E-state index in [1.165, 1.54) is 37.6 Å². The van der Waals surface area contributed by atoms with E-state index in [2.05, 4.69) is 10.2 Å². The molecule has 0 atom stereocenters. The van der Waals surface area contributed by atoms with Gasteiger partial charge < -0.3 is 9.47 Å². The molecule has 0 radical (unpaired) electrons. The van der Waals surface area contributed by atoms with Gasteiger partial charge in [0.25, 0.3) is 0 Å². The second kappa shape index (κ2) is 11.5. The van der Waals surface area contributed by atoms with E-state index in [-0.39, 0.29) is 28.6 Å². The number of ketones is 1. The molecule has 0 bridgehead atoms. The number of halogens is 1. The maximum absolute atomic E-state index is 13.9. The van der Waals surface area contributed by atoms with Crippen LogP contribution in [0.2, 0.25) is 0 Å². The van der Waals surface area contributed by atoms with Crippen LogP contribution in [0, 0.1) is 5.82 Å². The third kappa shape index (κ3) is 5.77. The predicted molar refractivity (Wildman–Crippen MR) is 136 cm³/mol. The van der Waals surface area contributed by atoms with Crippen LogP contribution in [-0.2, 0) is 0 Å². The Morgan fingerprint density at radius 2 is 1.42 bits per heavy atom. The molecule has 0 aliphatic rings. The van der Waals surface area contributed by atoms with Crippen molar-refractivity contribution in [2.24, 2.45) is 10.2 Å². The Balaban J connectivity index is 1.58. The molecule has 0 aliphatic heterocycles. The molecule has 0 saturated carbocycles. The van der Waals surface area contributed by atoms with Crippen LogP contribution in [0.5, 0.6) is 11.5 Å². The van der Waals surface area contributed by atoms with E-state index in [4.69, 9.17) is 9.47 Å². The zero-order chi connectivity index (χ0) is 25.3. The summed E-state index contributed by atoms with van der Waals surface area (Å²) in [6.45, 7) is 0. The number of nitrogens with zero attached hydrogens (tertiary/aromatic N) is 2. The van der Waals surface area contributed by atoms with Gasteiger partial charge in [-0.15, -0.1) is 5.10 Å². The molecule has 0 aromatic heterocycles. The largest absolute Gasteiger partial charge is 0.493 e. The van der Waals surface area contributed by atoms with Crippen LogP contribution in [0.15, 0.2) is 113 Å². The van der Waals surface area contributed by atoms with E-state index in [0.29, 0.717) is 16.7 Å². The fraction of sp³-hybridized carbons (Fsp3) is 0.0345. The van der Waals surface area contributed by atoms with Crippen LogP contribution >= 0.6 is 0 Å². The van der Waals surface area contributed by atoms with Crippen LogP contribution in [0.3, 0.4) is 0 Å². The fourth-order valence-electron chi connectivity index (χ4n) is 3.34. The van der Waals surface area contributed by atoms with Gasteiger partial charge in [-0.2, -0.15) is 5.10 Å². The number of carbonyl (C=O) groups excluding carboxylic acids is 2. The minimum atomic E-state index is -0.843. The minimum Gasteiger partial charge on any atom is -0.493 e. The van der Waals surface area contributed by atoms with Crippen molar-refractivity contribution in [1.29, 1.82) is 0 Å². The van der Waals surface area contributed by atoms with Crippen LogP contribution in [0.4, 0.5) is 4.39 Å². The van der Waals surface area contributed by atoms with Gasteiger partial charge in [-0.3, -0.25) is 4.79 Å². The molecule has 0 aliphatic carbocycles. The summed E-state index contributed by atoms with van der Waals surface area (Å²) in [7, 11) is 1.42. The number of Topliss-reactive ketones (excluding diaryl/α,β-unsaturated/α-hetero) is 1. The maximum Gasteiger partial charge on any atom is 0.346 e. The summed E-state index contributed by atoms with van der Waals surface area (Å²) in [5.41, 5.74) is 1.73. The zero-order valence-electron chi connectivity index (χ0n) is 19.3. The number of methoxy groups -OCH3 is 1. The van der Waals surface area contributed by atoms with Crippen LogP contribution in [0.1, 0.15) is 31.8 Å². The number of hydrogen-bond acceptors (Lipinski definition) is 6. The smallest absolute Gasteiger partial charge is 0.346 e. The Morgan fingerprint density at radius 1 is 0.778 bits per heavy atom. The summed E-state index contributed by atoms with van der Waals surface area (Å²) in [5, 5.41) is 8.33. The first-order valence-electron chi connectivity index (χ1n) is 11.0. The number of carbonyl (C=O) groups is 2. The SMILES string of the molecule is COc1cc(C=NN=C(C(=O)c2ccccc2)c2ccccc2)ccc1OC(=O)c1ccccc1F. The monoisotopic (exact) mass is 480 g/mol. The van der Waals surface area contributed by atoms with Gasteiger partial charge in [0.15, 0.2) is 11.5 Å². The molecule has 0 amide bonds. The Labute approximate surface area is 207 Å². The van der Waals surface area contributed by atoms with Crippen LogP contribution in [-0.4, -0.2) is 30.8 Å². The lowest BCUT2D eigenvalue weighted by Crippen LogP contribution is -2.15. The average Bonchev–Trinajstić information content (AvgIpc) is 2.92. The molecular formula is C29H21FN2O4. The molecular weight excluding hydrogens is 459 g/mol. The lowest BCUT2D eigenvalue weighted by molar-refractivity contribution is 0.0724. The molecule has 0 saturated heterocycles. The number of ether oxygens (including phenoxy) is 2. The zero-order valence-corrected chi connectivity index (χ0v) is 19.3. The molecule has 178 valence electrons. The molecule has 4 aromatic rings. The van der Waals surface area contributed by atoms with Gasteiger partial charge in [0.1, 0.15) is 11.5 Å². The average molecular weight is 480 g/mol. The summed E-state index contributed by atoms with van der Waals surface area (Å²) in [6.07, 6.45) is 1.45. The van der Waals surface area contributed by atoms with Gasteiger partial charge >= 0.3 is 5.97 Å². The second-order valence-electron chi connectivity index (χ2n) is 7.53. The van der Waals surface area contributed by atoms with Crippen LogP contribution < -0.4 is 9.47 Å². The maximum atomic E-state index is 13.9. The lowest BCUT2D eigenvalue weighted by atomic mass is 10.0. The third-order valence-corrected chi connectivity index (χ3v) is 5.15. The highest BCUT2D eigenvalue weighted by Crippen LogP contribution is 2.28. The molecule has 36 heavy (non-hydrogen) atoms. The molecule has 4 aromatic carbocycles. The molecule has 0 fully saturated rings. The molecule has 4 rings (SSSR count). The van der Waals surface area contributed by atoms with E-state index in [1.54, 1.807) is 54.6 Å².